The first-order valence-electron chi connectivity index (χ1n) is 3.96. The Hall–Kier alpha value is -2.02. The predicted octanol–water partition coefficient (Wildman–Crippen LogP) is 1.50. The minimum Gasteiger partial charge on any atom is -0.504 e. The van der Waals surface area contributed by atoms with Crippen LogP contribution in [0.25, 0.3) is 0 Å². The van der Waals surface area contributed by atoms with Gasteiger partial charge < -0.3 is 9.84 Å². The molecule has 14 heavy (non-hydrogen) atoms. The standard InChI is InChI=1S/C10H9NO3/c1-6-3-10(14-7(2)12)9(13)4-8(6)5-11/h3-4,13H,1-2H3. The topological polar surface area (TPSA) is 70.3 Å². The van der Waals surface area contributed by atoms with Gasteiger partial charge in [0.25, 0.3) is 0 Å². The molecular weight excluding hydrogens is 182 g/mol. The summed E-state index contributed by atoms with van der Waals surface area (Å²) in [7, 11) is 0. The van der Waals surface area contributed by atoms with E-state index in [2.05, 4.69) is 0 Å². The Morgan fingerprint density at radius 3 is 2.71 bits per heavy atom. The van der Waals surface area contributed by atoms with E-state index in [4.69, 9.17) is 10.00 Å². The zero-order chi connectivity index (χ0) is 10.7. The SMILES string of the molecule is CC(=O)Oc1cc(C)c(C#N)cc1O. The number of benzene rings is 1. The van der Waals surface area contributed by atoms with Crippen LogP contribution in [0.15, 0.2) is 12.1 Å². The number of aryl methyl sites for hydroxylation is 1. The number of hydrogen-bond acceptors (Lipinski definition) is 4. The Morgan fingerprint density at radius 2 is 2.21 bits per heavy atom. The predicted molar refractivity (Wildman–Crippen MR) is 48.9 cm³/mol. The molecule has 0 amide bonds. The van der Waals surface area contributed by atoms with Crippen molar-refractivity contribution in [1.29, 1.82) is 5.26 Å². The number of aromatic hydroxyl groups is 1. The second-order valence-electron chi connectivity index (χ2n) is 2.84. The second kappa shape index (κ2) is 3.79. The van der Waals surface area contributed by atoms with E-state index < -0.39 is 5.97 Å². The van der Waals surface area contributed by atoms with Crippen LogP contribution in [0.3, 0.4) is 0 Å². The smallest absolute Gasteiger partial charge is 0.308 e. The van der Waals surface area contributed by atoms with Gasteiger partial charge in [-0.25, -0.2) is 0 Å². The number of carbonyl (C=O) groups is 1. The Labute approximate surface area is 81.4 Å². The van der Waals surface area contributed by atoms with E-state index in [0.717, 1.165) is 0 Å². The molecule has 72 valence electrons. The van der Waals surface area contributed by atoms with E-state index in [1.54, 1.807) is 6.92 Å². The molecular formula is C10H9NO3. The van der Waals surface area contributed by atoms with Gasteiger partial charge in [0.15, 0.2) is 11.5 Å². The number of carbonyl (C=O) groups excluding carboxylic acids is 1. The summed E-state index contributed by atoms with van der Waals surface area (Å²) in [5, 5.41) is 18.0. The van der Waals surface area contributed by atoms with E-state index >= 15 is 0 Å². The average Bonchev–Trinajstić information content (AvgIpc) is 2.10. The molecule has 0 aliphatic carbocycles. The van der Waals surface area contributed by atoms with Crippen molar-refractivity contribution in [3.05, 3.63) is 23.3 Å². The highest BCUT2D eigenvalue weighted by molar-refractivity contribution is 5.70. The minimum absolute atomic E-state index is 0.0778. The zero-order valence-corrected chi connectivity index (χ0v) is 7.87. The lowest BCUT2D eigenvalue weighted by atomic mass is 10.1. The Bertz CT molecular complexity index is 418. The van der Waals surface area contributed by atoms with Crippen molar-refractivity contribution < 1.29 is 14.6 Å². The van der Waals surface area contributed by atoms with E-state index in [9.17, 15) is 9.90 Å². The summed E-state index contributed by atoms with van der Waals surface area (Å²) in [4.78, 5) is 10.6. The van der Waals surface area contributed by atoms with Gasteiger partial charge in [-0.3, -0.25) is 4.79 Å². The van der Waals surface area contributed by atoms with Gasteiger partial charge in [-0.05, 0) is 18.6 Å². The molecule has 1 aromatic rings. The zero-order valence-electron chi connectivity index (χ0n) is 7.87. The molecule has 1 aromatic carbocycles. The third-order valence-corrected chi connectivity index (χ3v) is 1.68. The Balaban J connectivity index is 3.16. The fourth-order valence-electron chi connectivity index (χ4n) is 1.03. The first kappa shape index (κ1) is 10.1. The summed E-state index contributed by atoms with van der Waals surface area (Å²) in [6.45, 7) is 2.94. The lowest BCUT2D eigenvalue weighted by Crippen LogP contribution is -2.02. The van der Waals surface area contributed by atoms with Crippen molar-refractivity contribution in [3.63, 3.8) is 0 Å². The molecule has 0 unspecified atom stereocenters. The van der Waals surface area contributed by atoms with Crippen LogP contribution in [0, 0.1) is 18.3 Å². The Kier molecular flexibility index (Phi) is 2.73. The van der Waals surface area contributed by atoms with Crippen molar-refractivity contribution in [3.8, 4) is 17.6 Å². The fraction of sp³-hybridized carbons (Fsp3) is 0.200. The van der Waals surface area contributed by atoms with Gasteiger partial charge in [0.05, 0.1) is 11.6 Å². The molecule has 0 atom stereocenters. The monoisotopic (exact) mass is 191 g/mol. The summed E-state index contributed by atoms with van der Waals surface area (Å²) >= 11 is 0. The van der Waals surface area contributed by atoms with Crippen molar-refractivity contribution in [2.75, 3.05) is 0 Å². The molecule has 0 saturated carbocycles. The molecule has 0 saturated heterocycles. The quantitative estimate of drug-likeness (QED) is 0.539. The maximum Gasteiger partial charge on any atom is 0.308 e. The van der Waals surface area contributed by atoms with E-state index in [1.807, 2.05) is 6.07 Å². The molecule has 4 nitrogen and oxygen atoms in total. The minimum atomic E-state index is -0.510. The Morgan fingerprint density at radius 1 is 1.57 bits per heavy atom. The van der Waals surface area contributed by atoms with Crippen LogP contribution in [0.1, 0.15) is 18.1 Å². The molecule has 0 radical (unpaired) electrons. The van der Waals surface area contributed by atoms with Gasteiger partial charge in [-0.15, -0.1) is 0 Å². The third-order valence-electron chi connectivity index (χ3n) is 1.68. The van der Waals surface area contributed by atoms with Gasteiger partial charge in [-0.2, -0.15) is 5.26 Å². The summed E-state index contributed by atoms with van der Waals surface area (Å²) in [5.74, 6) is -0.638. The molecule has 1 rings (SSSR count). The summed E-state index contributed by atoms with van der Waals surface area (Å²) in [6, 6.07) is 4.64. The van der Waals surface area contributed by atoms with Crippen LogP contribution in [-0.2, 0) is 4.79 Å². The normalized spacial score (nSPS) is 9.21. The average molecular weight is 191 g/mol. The lowest BCUT2D eigenvalue weighted by molar-refractivity contribution is -0.132. The van der Waals surface area contributed by atoms with Gasteiger partial charge in [0.1, 0.15) is 0 Å². The summed E-state index contributed by atoms with van der Waals surface area (Å²) < 4.78 is 4.73. The van der Waals surface area contributed by atoms with Crippen molar-refractivity contribution in [1.82, 2.24) is 0 Å². The van der Waals surface area contributed by atoms with Crippen LogP contribution in [0.4, 0.5) is 0 Å². The number of ether oxygens (including phenoxy) is 1. The largest absolute Gasteiger partial charge is 0.504 e. The number of esters is 1. The van der Waals surface area contributed by atoms with Crippen LogP contribution in [0.5, 0.6) is 11.5 Å². The molecule has 0 aromatic heterocycles. The molecule has 0 heterocycles. The first-order chi connectivity index (χ1) is 6.54. The van der Waals surface area contributed by atoms with Crippen LogP contribution in [0.2, 0.25) is 0 Å². The first-order valence-corrected chi connectivity index (χ1v) is 3.96. The van der Waals surface area contributed by atoms with Crippen molar-refractivity contribution in [2.45, 2.75) is 13.8 Å². The van der Waals surface area contributed by atoms with Crippen LogP contribution < -0.4 is 4.74 Å². The number of rotatable bonds is 1. The van der Waals surface area contributed by atoms with Crippen LogP contribution >= 0.6 is 0 Å². The molecule has 0 bridgehead atoms. The van der Waals surface area contributed by atoms with Gasteiger partial charge in [-0.1, -0.05) is 0 Å². The number of nitriles is 1. The highest BCUT2D eigenvalue weighted by Gasteiger charge is 2.08. The molecule has 1 N–H and O–H groups in total. The van der Waals surface area contributed by atoms with E-state index in [-0.39, 0.29) is 11.5 Å². The number of phenols is 1. The van der Waals surface area contributed by atoms with E-state index in [1.165, 1.54) is 19.1 Å². The second-order valence-corrected chi connectivity index (χ2v) is 2.84. The van der Waals surface area contributed by atoms with Gasteiger partial charge >= 0.3 is 5.97 Å². The number of nitrogens with zero attached hydrogens (tertiary/aromatic N) is 1. The lowest BCUT2D eigenvalue weighted by Gasteiger charge is -2.05. The molecule has 0 fully saturated rings. The summed E-state index contributed by atoms with van der Waals surface area (Å²) in [6.07, 6.45) is 0. The van der Waals surface area contributed by atoms with Crippen LogP contribution in [-0.4, -0.2) is 11.1 Å². The summed E-state index contributed by atoms with van der Waals surface area (Å²) in [5.41, 5.74) is 1.01. The van der Waals surface area contributed by atoms with Gasteiger partial charge in [0.2, 0.25) is 0 Å². The third kappa shape index (κ3) is 2.02. The number of hydrogen-bond donors (Lipinski definition) is 1. The molecule has 0 spiro atoms. The molecule has 4 heteroatoms. The molecule has 0 aliphatic heterocycles. The van der Waals surface area contributed by atoms with Gasteiger partial charge in [0, 0.05) is 13.0 Å². The maximum absolute atomic E-state index is 10.6. The van der Waals surface area contributed by atoms with Crippen molar-refractivity contribution in [2.24, 2.45) is 0 Å². The highest BCUT2D eigenvalue weighted by Crippen LogP contribution is 2.29. The maximum atomic E-state index is 10.6. The van der Waals surface area contributed by atoms with E-state index in [0.29, 0.717) is 11.1 Å². The highest BCUT2D eigenvalue weighted by atomic mass is 16.5. The number of phenolic OH excluding ortho intramolecular Hbond substituents is 1. The van der Waals surface area contributed by atoms with Crippen molar-refractivity contribution >= 4 is 5.97 Å². The molecule has 0 aliphatic rings. The fourth-order valence-corrected chi connectivity index (χ4v) is 1.03.